The van der Waals surface area contributed by atoms with Crippen LogP contribution in [0.1, 0.15) is 29.5 Å². The van der Waals surface area contributed by atoms with E-state index in [0.717, 1.165) is 38.2 Å². The SMILES string of the molecule is Cc1ccccc1C[C@@]1(CO)CCCN(c2ncccc2C#N)C1. The molecule has 1 aliphatic heterocycles. The Labute approximate surface area is 143 Å². The molecule has 124 valence electrons. The molecule has 3 rings (SSSR count). The molecule has 24 heavy (non-hydrogen) atoms. The number of rotatable bonds is 4. The lowest BCUT2D eigenvalue weighted by molar-refractivity contribution is 0.105. The summed E-state index contributed by atoms with van der Waals surface area (Å²) in [5.74, 6) is 0.738. The van der Waals surface area contributed by atoms with E-state index in [9.17, 15) is 10.4 Å². The summed E-state index contributed by atoms with van der Waals surface area (Å²) in [4.78, 5) is 6.58. The van der Waals surface area contributed by atoms with Crippen molar-refractivity contribution in [3.05, 3.63) is 59.3 Å². The molecule has 0 spiro atoms. The van der Waals surface area contributed by atoms with E-state index in [1.165, 1.54) is 11.1 Å². The molecule has 0 amide bonds. The van der Waals surface area contributed by atoms with Crippen molar-refractivity contribution in [2.24, 2.45) is 5.41 Å². The Balaban J connectivity index is 1.87. The van der Waals surface area contributed by atoms with Crippen LogP contribution in [-0.2, 0) is 6.42 Å². The number of hydrogen-bond donors (Lipinski definition) is 1. The van der Waals surface area contributed by atoms with Crippen LogP contribution in [0.2, 0.25) is 0 Å². The fraction of sp³-hybridized carbons (Fsp3) is 0.400. The molecule has 0 radical (unpaired) electrons. The fourth-order valence-electron chi connectivity index (χ4n) is 3.67. The lowest BCUT2D eigenvalue weighted by Crippen LogP contribution is -2.47. The average Bonchev–Trinajstić information content (AvgIpc) is 2.64. The molecule has 0 unspecified atom stereocenters. The minimum Gasteiger partial charge on any atom is -0.396 e. The molecule has 1 N–H and O–H groups in total. The van der Waals surface area contributed by atoms with E-state index in [0.29, 0.717) is 5.56 Å². The molecular formula is C20H23N3O. The Morgan fingerprint density at radius 3 is 2.88 bits per heavy atom. The number of nitrogens with zero attached hydrogens (tertiary/aromatic N) is 3. The number of anilines is 1. The summed E-state index contributed by atoms with van der Waals surface area (Å²) < 4.78 is 0. The summed E-state index contributed by atoms with van der Waals surface area (Å²) in [5, 5.41) is 19.5. The van der Waals surface area contributed by atoms with Gasteiger partial charge in [-0.15, -0.1) is 0 Å². The molecule has 2 heterocycles. The van der Waals surface area contributed by atoms with Gasteiger partial charge in [0.2, 0.25) is 0 Å². The highest BCUT2D eigenvalue weighted by Crippen LogP contribution is 2.36. The molecule has 0 aliphatic carbocycles. The van der Waals surface area contributed by atoms with Crippen LogP contribution >= 0.6 is 0 Å². The number of pyridine rings is 1. The third-order valence-electron chi connectivity index (χ3n) is 5.03. The maximum Gasteiger partial charge on any atom is 0.146 e. The van der Waals surface area contributed by atoms with Gasteiger partial charge in [-0.05, 0) is 49.4 Å². The van der Waals surface area contributed by atoms with E-state index in [4.69, 9.17) is 0 Å². The number of aryl methyl sites for hydroxylation is 1. The highest BCUT2D eigenvalue weighted by molar-refractivity contribution is 5.54. The van der Waals surface area contributed by atoms with Crippen LogP contribution < -0.4 is 4.90 Å². The summed E-state index contributed by atoms with van der Waals surface area (Å²) in [6.45, 7) is 3.87. The van der Waals surface area contributed by atoms with Gasteiger partial charge in [-0.3, -0.25) is 0 Å². The van der Waals surface area contributed by atoms with Crippen molar-refractivity contribution in [1.82, 2.24) is 4.98 Å². The van der Waals surface area contributed by atoms with Crippen LogP contribution in [0.5, 0.6) is 0 Å². The van der Waals surface area contributed by atoms with E-state index < -0.39 is 0 Å². The summed E-state index contributed by atoms with van der Waals surface area (Å²) in [6, 6.07) is 14.2. The Morgan fingerprint density at radius 1 is 1.29 bits per heavy atom. The van der Waals surface area contributed by atoms with Crippen LogP contribution in [0.15, 0.2) is 42.6 Å². The minimum absolute atomic E-state index is 0.145. The van der Waals surface area contributed by atoms with Gasteiger partial charge >= 0.3 is 0 Å². The lowest BCUT2D eigenvalue weighted by atomic mass is 9.75. The van der Waals surface area contributed by atoms with Crippen molar-refractivity contribution in [2.45, 2.75) is 26.2 Å². The summed E-state index contributed by atoms with van der Waals surface area (Å²) in [5.41, 5.74) is 2.96. The number of hydrogen-bond acceptors (Lipinski definition) is 4. The zero-order chi connectivity index (χ0) is 17.0. The van der Waals surface area contributed by atoms with Crippen molar-refractivity contribution in [3.8, 4) is 6.07 Å². The quantitative estimate of drug-likeness (QED) is 0.940. The van der Waals surface area contributed by atoms with Crippen LogP contribution in [0.25, 0.3) is 0 Å². The van der Waals surface area contributed by atoms with Gasteiger partial charge in [-0.2, -0.15) is 5.26 Å². The van der Waals surface area contributed by atoms with Crippen molar-refractivity contribution < 1.29 is 5.11 Å². The van der Waals surface area contributed by atoms with Crippen LogP contribution in [0.3, 0.4) is 0 Å². The number of benzene rings is 1. The predicted molar refractivity (Wildman–Crippen MR) is 94.8 cm³/mol. The van der Waals surface area contributed by atoms with E-state index in [2.05, 4.69) is 41.1 Å². The molecule has 1 aromatic carbocycles. The number of piperidine rings is 1. The third-order valence-corrected chi connectivity index (χ3v) is 5.03. The zero-order valence-electron chi connectivity index (χ0n) is 14.1. The number of aliphatic hydroxyl groups is 1. The van der Waals surface area contributed by atoms with Gasteiger partial charge in [-0.1, -0.05) is 24.3 Å². The maximum atomic E-state index is 10.2. The van der Waals surface area contributed by atoms with Gasteiger partial charge in [0, 0.05) is 24.7 Å². The molecule has 2 aromatic rings. The van der Waals surface area contributed by atoms with E-state index in [1.807, 2.05) is 6.07 Å². The van der Waals surface area contributed by atoms with E-state index in [1.54, 1.807) is 18.3 Å². The molecule has 0 bridgehead atoms. The Bertz CT molecular complexity index is 753. The van der Waals surface area contributed by atoms with Crippen LogP contribution in [0.4, 0.5) is 5.82 Å². The van der Waals surface area contributed by atoms with Gasteiger partial charge in [0.15, 0.2) is 0 Å². The van der Waals surface area contributed by atoms with Crippen molar-refractivity contribution in [2.75, 3.05) is 24.6 Å². The summed E-state index contributed by atoms with van der Waals surface area (Å²) in [7, 11) is 0. The first kappa shape index (κ1) is 16.5. The highest BCUT2D eigenvalue weighted by Gasteiger charge is 2.36. The fourth-order valence-corrected chi connectivity index (χ4v) is 3.67. The normalized spacial score (nSPS) is 20.6. The van der Waals surface area contributed by atoms with Crippen LogP contribution in [-0.4, -0.2) is 29.8 Å². The largest absolute Gasteiger partial charge is 0.396 e. The second kappa shape index (κ2) is 7.02. The highest BCUT2D eigenvalue weighted by atomic mass is 16.3. The zero-order valence-corrected chi connectivity index (χ0v) is 14.1. The van der Waals surface area contributed by atoms with Gasteiger partial charge in [0.1, 0.15) is 11.9 Å². The van der Waals surface area contributed by atoms with E-state index in [-0.39, 0.29) is 12.0 Å². The molecule has 4 heteroatoms. The molecule has 1 fully saturated rings. The van der Waals surface area contributed by atoms with Gasteiger partial charge < -0.3 is 10.0 Å². The molecule has 4 nitrogen and oxygen atoms in total. The maximum absolute atomic E-state index is 10.2. The first-order chi connectivity index (χ1) is 11.7. The van der Waals surface area contributed by atoms with Gasteiger partial charge in [0.05, 0.1) is 12.2 Å². The third kappa shape index (κ3) is 3.27. The van der Waals surface area contributed by atoms with Gasteiger partial charge in [-0.25, -0.2) is 4.98 Å². The minimum atomic E-state index is -0.186. The van der Waals surface area contributed by atoms with Crippen molar-refractivity contribution in [3.63, 3.8) is 0 Å². The predicted octanol–water partition coefficient (Wildman–Crippen LogP) is 3.08. The lowest BCUT2D eigenvalue weighted by Gasteiger charge is -2.43. The topological polar surface area (TPSA) is 60.1 Å². The van der Waals surface area contributed by atoms with E-state index >= 15 is 0 Å². The Morgan fingerprint density at radius 2 is 2.12 bits per heavy atom. The monoisotopic (exact) mass is 321 g/mol. The molecule has 0 saturated carbocycles. The Kier molecular flexibility index (Phi) is 4.82. The second-order valence-electron chi connectivity index (χ2n) is 6.77. The number of nitriles is 1. The van der Waals surface area contributed by atoms with Crippen molar-refractivity contribution in [1.29, 1.82) is 5.26 Å². The van der Waals surface area contributed by atoms with Crippen LogP contribution in [0, 0.1) is 23.7 Å². The second-order valence-corrected chi connectivity index (χ2v) is 6.77. The van der Waals surface area contributed by atoms with Crippen molar-refractivity contribution >= 4 is 5.82 Å². The molecule has 1 aliphatic rings. The summed E-state index contributed by atoms with van der Waals surface area (Å²) >= 11 is 0. The molecular weight excluding hydrogens is 298 g/mol. The molecule has 1 aromatic heterocycles. The first-order valence-corrected chi connectivity index (χ1v) is 8.43. The molecule has 1 saturated heterocycles. The summed E-state index contributed by atoms with van der Waals surface area (Å²) in [6.07, 6.45) is 4.56. The standard InChI is InChI=1S/C20H23N3O/c1-16-6-2-3-7-17(16)12-20(15-24)9-5-11-23(14-20)19-18(13-21)8-4-10-22-19/h2-4,6-8,10,24H,5,9,11-12,14-15H2,1H3/t20-/m0/s1. The number of aliphatic hydroxyl groups excluding tert-OH is 1. The Hall–Kier alpha value is -2.38. The number of aromatic nitrogens is 1. The molecule has 1 atom stereocenters. The van der Waals surface area contributed by atoms with Gasteiger partial charge in [0.25, 0.3) is 0 Å². The smallest absolute Gasteiger partial charge is 0.146 e. The average molecular weight is 321 g/mol. The first-order valence-electron chi connectivity index (χ1n) is 8.43.